The molecule has 0 spiro atoms. The molecule has 0 fully saturated rings. The molecular formula is C24H18ClF3N4O3. The summed E-state index contributed by atoms with van der Waals surface area (Å²) in [6, 6.07) is 17.3. The molecule has 35 heavy (non-hydrogen) atoms. The molecule has 0 aromatic heterocycles. The molecule has 3 aromatic rings. The minimum absolute atomic E-state index is 0.0389. The molecule has 3 aromatic carbocycles. The molecule has 180 valence electrons. The number of rotatable bonds is 6. The number of anilines is 2. The van der Waals surface area contributed by atoms with E-state index in [0.29, 0.717) is 16.8 Å². The second kappa shape index (κ2) is 10.8. The highest BCUT2D eigenvalue weighted by Gasteiger charge is 2.31. The molecule has 0 bridgehead atoms. The van der Waals surface area contributed by atoms with Crippen LogP contribution < -0.4 is 15.4 Å². The van der Waals surface area contributed by atoms with Gasteiger partial charge in [-0.25, -0.2) is 4.79 Å². The number of benzene rings is 3. The van der Waals surface area contributed by atoms with Gasteiger partial charge >= 0.3 is 12.4 Å². The van der Waals surface area contributed by atoms with Crippen LogP contribution in [-0.2, 0) is 6.54 Å². The van der Waals surface area contributed by atoms with E-state index >= 15 is 0 Å². The highest BCUT2D eigenvalue weighted by atomic mass is 35.5. The van der Waals surface area contributed by atoms with Gasteiger partial charge in [-0.05, 0) is 48.0 Å². The first-order chi connectivity index (χ1) is 16.6. The van der Waals surface area contributed by atoms with Crippen molar-refractivity contribution in [2.75, 3.05) is 17.7 Å². The quantitative estimate of drug-likeness (QED) is 0.430. The minimum Gasteiger partial charge on any atom is -0.406 e. The third-order valence-electron chi connectivity index (χ3n) is 4.67. The smallest absolute Gasteiger partial charge is 0.406 e. The second-order valence-electron chi connectivity index (χ2n) is 7.28. The van der Waals surface area contributed by atoms with Crippen LogP contribution in [-0.4, -0.2) is 30.2 Å². The summed E-state index contributed by atoms with van der Waals surface area (Å²) >= 11 is 6.27. The summed E-state index contributed by atoms with van der Waals surface area (Å²) in [7, 11) is 1.52. The number of halogens is 4. The minimum atomic E-state index is -4.90. The highest BCUT2D eigenvalue weighted by molar-refractivity contribution is 6.34. The summed E-state index contributed by atoms with van der Waals surface area (Å²) in [5, 5.41) is 14.4. The Morgan fingerprint density at radius 2 is 1.77 bits per heavy atom. The number of carbonyl (C=O) groups excluding carboxylic acids is 2. The Balaban J connectivity index is 1.75. The van der Waals surface area contributed by atoms with Crippen molar-refractivity contribution >= 4 is 34.9 Å². The number of nitrogens with one attached hydrogen (secondary N) is 2. The number of hydrogen-bond acceptors (Lipinski definition) is 4. The lowest BCUT2D eigenvalue weighted by Gasteiger charge is -2.21. The first-order valence-corrected chi connectivity index (χ1v) is 10.4. The summed E-state index contributed by atoms with van der Waals surface area (Å²) in [6.45, 7) is 0.0389. The van der Waals surface area contributed by atoms with Gasteiger partial charge in [-0.2, -0.15) is 5.26 Å². The number of hydrogen-bond donors (Lipinski definition) is 2. The summed E-state index contributed by atoms with van der Waals surface area (Å²) in [5.74, 6) is -1.26. The molecular weight excluding hydrogens is 485 g/mol. The van der Waals surface area contributed by atoms with Crippen LogP contribution in [0.1, 0.15) is 21.5 Å². The summed E-state index contributed by atoms with van der Waals surface area (Å²) in [4.78, 5) is 26.7. The largest absolute Gasteiger partial charge is 0.573 e. The van der Waals surface area contributed by atoms with Crippen LogP contribution in [0.15, 0.2) is 66.7 Å². The topological polar surface area (TPSA) is 94.5 Å². The number of para-hydroxylation sites is 1. The predicted octanol–water partition coefficient (Wildman–Crippen LogP) is 6.03. The van der Waals surface area contributed by atoms with Crippen LogP contribution in [0.2, 0.25) is 5.02 Å². The lowest BCUT2D eigenvalue weighted by molar-refractivity contribution is -0.274. The van der Waals surface area contributed by atoms with Gasteiger partial charge in [0.2, 0.25) is 0 Å². The maximum atomic E-state index is 12.7. The van der Waals surface area contributed by atoms with Crippen molar-refractivity contribution in [2.24, 2.45) is 0 Å². The van der Waals surface area contributed by atoms with Crippen LogP contribution in [0.5, 0.6) is 5.75 Å². The van der Waals surface area contributed by atoms with Gasteiger partial charge in [0.1, 0.15) is 5.75 Å². The molecule has 3 amide bonds. The molecule has 3 rings (SSSR count). The fourth-order valence-electron chi connectivity index (χ4n) is 3.07. The Bertz CT molecular complexity index is 1290. The van der Waals surface area contributed by atoms with E-state index < -0.39 is 24.1 Å². The van der Waals surface area contributed by atoms with Crippen molar-refractivity contribution < 1.29 is 27.5 Å². The lowest BCUT2D eigenvalue weighted by atomic mass is 10.1. The Morgan fingerprint density at radius 1 is 1.06 bits per heavy atom. The SMILES string of the molecule is CN(Cc1cccc(Cl)c1NC(=O)c1cccc(OC(F)(F)F)c1)C(=O)Nc1cccc(C#N)c1. The van der Waals surface area contributed by atoms with Crippen molar-refractivity contribution in [3.63, 3.8) is 0 Å². The van der Waals surface area contributed by atoms with Gasteiger partial charge in [-0.15, -0.1) is 13.2 Å². The van der Waals surface area contributed by atoms with Crippen LogP contribution in [0.3, 0.4) is 0 Å². The van der Waals surface area contributed by atoms with Gasteiger partial charge in [-0.3, -0.25) is 4.79 Å². The molecule has 0 saturated carbocycles. The summed E-state index contributed by atoms with van der Waals surface area (Å²) in [6.07, 6.45) is -4.90. The Morgan fingerprint density at radius 3 is 2.49 bits per heavy atom. The molecule has 0 aliphatic rings. The average Bonchev–Trinajstić information content (AvgIpc) is 2.80. The van der Waals surface area contributed by atoms with E-state index in [-0.39, 0.29) is 22.8 Å². The number of ether oxygens (including phenoxy) is 1. The highest BCUT2D eigenvalue weighted by Crippen LogP contribution is 2.29. The lowest BCUT2D eigenvalue weighted by Crippen LogP contribution is -2.31. The monoisotopic (exact) mass is 502 g/mol. The Labute approximate surface area is 203 Å². The van der Waals surface area contributed by atoms with E-state index in [1.165, 1.54) is 36.2 Å². The zero-order valence-corrected chi connectivity index (χ0v) is 18.9. The van der Waals surface area contributed by atoms with Crippen molar-refractivity contribution in [1.29, 1.82) is 5.26 Å². The van der Waals surface area contributed by atoms with E-state index in [0.717, 1.165) is 12.1 Å². The molecule has 0 saturated heterocycles. The van der Waals surface area contributed by atoms with E-state index in [4.69, 9.17) is 16.9 Å². The number of nitrogens with zero attached hydrogens (tertiary/aromatic N) is 2. The van der Waals surface area contributed by atoms with Gasteiger partial charge < -0.3 is 20.3 Å². The summed E-state index contributed by atoms with van der Waals surface area (Å²) < 4.78 is 41.3. The van der Waals surface area contributed by atoms with Crippen LogP contribution in [0.4, 0.5) is 29.3 Å². The molecule has 11 heteroatoms. The Hall–Kier alpha value is -4.23. The van der Waals surface area contributed by atoms with Crippen LogP contribution in [0.25, 0.3) is 0 Å². The standard InChI is InChI=1S/C24H18ClF3N4O3/c1-32(23(34)30-18-8-2-5-15(11-18)13-29)14-17-7-4-10-20(25)21(17)31-22(33)16-6-3-9-19(12-16)35-24(26,27)28/h2-12H,14H2,1H3,(H,30,34)(H,31,33). The van der Waals surface area contributed by atoms with Gasteiger partial charge in [0, 0.05) is 24.8 Å². The van der Waals surface area contributed by atoms with Gasteiger partial charge in [-0.1, -0.05) is 35.9 Å². The number of nitriles is 1. The molecule has 0 aliphatic heterocycles. The van der Waals surface area contributed by atoms with Crippen molar-refractivity contribution in [3.05, 3.63) is 88.4 Å². The Kier molecular flexibility index (Phi) is 7.83. The van der Waals surface area contributed by atoms with E-state index in [9.17, 15) is 22.8 Å². The van der Waals surface area contributed by atoms with E-state index in [2.05, 4.69) is 15.4 Å². The average molecular weight is 503 g/mol. The molecule has 7 nitrogen and oxygen atoms in total. The normalized spacial score (nSPS) is 10.7. The molecule has 0 radical (unpaired) electrons. The van der Waals surface area contributed by atoms with Gasteiger partial charge in [0.05, 0.1) is 22.3 Å². The number of urea groups is 1. The molecule has 2 N–H and O–H groups in total. The number of carbonyl (C=O) groups is 2. The maximum Gasteiger partial charge on any atom is 0.573 e. The van der Waals surface area contributed by atoms with Crippen LogP contribution in [0, 0.1) is 11.3 Å². The first kappa shape index (κ1) is 25.4. The van der Waals surface area contributed by atoms with Crippen molar-refractivity contribution in [3.8, 4) is 11.8 Å². The van der Waals surface area contributed by atoms with Crippen molar-refractivity contribution in [2.45, 2.75) is 12.9 Å². The van der Waals surface area contributed by atoms with E-state index in [1.54, 1.807) is 30.3 Å². The summed E-state index contributed by atoms with van der Waals surface area (Å²) in [5.41, 5.74) is 1.42. The van der Waals surface area contributed by atoms with Gasteiger partial charge in [0.15, 0.2) is 0 Å². The maximum absolute atomic E-state index is 12.7. The molecule has 0 atom stereocenters. The predicted molar refractivity (Wildman–Crippen MR) is 124 cm³/mol. The van der Waals surface area contributed by atoms with Crippen molar-refractivity contribution in [1.82, 2.24) is 4.90 Å². The fourth-order valence-corrected chi connectivity index (χ4v) is 3.31. The van der Waals surface area contributed by atoms with E-state index in [1.807, 2.05) is 6.07 Å². The second-order valence-corrected chi connectivity index (χ2v) is 7.69. The molecule has 0 heterocycles. The first-order valence-electron chi connectivity index (χ1n) is 10.0. The zero-order valence-electron chi connectivity index (χ0n) is 18.2. The number of amides is 3. The number of alkyl halides is 3. The zero-order chi connectivity index (χ0) is 25.6. The van der Waals surface area contributed by atoms with Crippen LogP contribution >= 0.6 is 11.6 Å². The van der Waals surface area contributed by atoms with Gasteiger partial charge in [0.25, 0.3) is 5.91 Å². The molecule has 0 aliphatic carbocycles. The molecule has 0 unspecified atom stereocenters. The third-order valence-corrected chi connectivity index (χ3v) is 4.98. The fraction of sp³-hybridized carbons (Fsp3) is 0.125. The third kappa shape index (κ3) is 7.12.